The number of rotatable bonds is 4. The molecule has 1 atom stereocenters. The number of epoxide rings is 1. The Bertz CT molecular complexity index is 502. The van der Waals surface area contributed by atoms with Crippen LogP contribution in [0.25, 0.3) is 10.9 Å². The fourth-order valence-electron chi connectivity index (χ4n) is 1.75. The maximum Gasteiger partial charge on any atom is 0.143 e. The lowest BCUT2D eigenvalue weighted by molar-refractivity contribution is 0.265. The summed E-state index contributed by atoms with van der Waals surface area (Å²) in [6.07, 6.45) is 2.16. The number of methoxy groups -OCH3 is 1. The van der Waals surface area contributed by atoms with E-state index in [9.17, 15) is 0 Å². The highest BCUT2D eigenvalue weighted by Crippen LogP contribution is 2.32. The molecule has 0 saturated carbocycles. The monoisotopic (exact) mass is 219 g/mol. The lowest BCUT2D eigenvalue weighted by Gasteiger charge is -2.08. The molecule has 16 heavy (non-hydrogen) atoms. The summed E-state index contributed by atoms with van der Waals surface area (Å²) >= 11 is 0. The molecule has 0 aliphatic carbocycles. The average molecular weight is 219 g/mol. The number of aromatic nitrogens is 1. The van der Waals surface area contributed by atoms with E-state index in [2.05, 4.69) is 4.98 Å². The van der Waals surface area contributed by atoms with E-state index in [0.29, 0.717) is 6.61 Å². The Morgan fingerprint density at radius 1 is 1.38 bits per heavy atom. The second-order valence-electron chi connectivity index (χ2n) is 3.80. The van der Waals surface area contributed by atoms with Crippen molar-refractivity contribution in [3.05, 3.63) is 24.4 Å². The van der Waals surface area contributed by atoms with Crippen LogP contribution >= 0.6 is 0 Å². The molecule has 3 rings (SSSR count). The highest BCUT2D eigenvalue weighted by atomic mass is 16.6. The Labute approximate surface area is 93.1 Å². The van der Waals surface area contributed by atoms with Gasteiger partial charge in [0.05, 0.1) is 19.2 Å². The summed E-state index contributed by atoms with van der Waals surface area (Å²) in [6.45, 7) is 1.43. The van der Waals surface area contributed by atoms with E-state index >= 15 is 0 Å². The third-order valence-electron chi connectivity index (χ3n) is 2.69. The minimum absolute atomic E-state index is 0.274. The molecule has 1 fully saturated rings. The third-order valence-corrected chi connectivity index (χ3v) is 2.69. The zero-order chi connectivity index (χ0) is 11.0. The van der Waals surface area contributed by atoms with E-state index in [4.69, 9.17) is 14.2 Å². The molecule has 1 aliphatic heterocycles. The number of benzene rings is 1. The Kier molecular flexibility index (Phi) is 2.22. The van der Waals surface area contributed by atoms with Crippen molar-refractivity contribution >= 4 is 10.9 Å². The summed E-state index contributed by atoms with van der Waals surface area (Å²) < 4.78 is 16.1. The second-order valence-corrected chi connectivity index (χ2v) is 3.80. The summed E-state index contributed by atoms with van der Waals surface area (Å²) in [7, 11) is 1.66. The van der Waals surface area contributed by atoms with E-state index in [0.717, 1.165) is 29.0 Å². The molecule has 0 unspecified atom stereocenters. The number of aromatic amines is 1. The number of fused-ring (bicyclic) bond motifs is 1. The molecule has 0 radical (unpaired) electrons. The van der Waals surface area contributed by atoms with Crippen LogP contribution in [0.15, 0.2) is 24.4 Å². The molecule has 0 bridgehead atoms. The minimum Gasteiger partial charge on any atom is -0.495 e. The van der Waals surface area contributed by atoms with Crippen molar-refractivity contribution in [1.82, 2.24) is 4.98 Å². The third kappa shape index (κ3) is 1.61. The molecule has 4 heteroatoms. The van der Waals surface area contributed by atoms with Crippen molar-refractivity contribution in [2.45, 2.75) is 6.10 Å². The van der Waals surface area contributed by atoms with Gasteiger partial charge in [-0.25, -0.2) is 0 Å². The van der Waals surface area contributed by atoms with Crippen LogP contribution in [0, 0.1) is 0 Å². The van der Waals surface area contributed by atoms with Crippen LogP contribution in [0.2, 0.25) is 0 Å². The van der Waals surface area contributed by atoms with Gasteiger partial charge in [0.1, 0.15) is 24.2 Å². The predicted molar refractivity (Wildman–Crippen MR) is 60.1 cm³/mol. The Morgan fingerprint density at radius 3 is 2.94 bits per heavy atom. The van der Waals surface area contributed by atoms with Crippen molar-refractivity contribution < 1.29 is 14.2 Å². The first-order valence-electron chi connectivity index (χ1n) is 5.27. The van der Waals surface area contributed by atoms with E-state index in [1.165, 1.54) is 0 Å². The summed E-state index contributed by atoms with van der Waals surface area (Å²) in [6, 6.07) is 5.82. The van der Waals surface area contributed by atoms with E-state index in [1.807, 2.05) is 24.4 Å². The van der Waals surface area contributed by atoms with Crippen LogP contribution in [-0.4, -0.2) is 31.4 Å². The van der Waals surface area contributed by atoms with E-state index in [1.54, 1.807) is 7.11 Å². The Balaban J connectivity index is 1.94. The first-order valence-corrected chi connectivity index (χ1v) is 5.27. The molecule has 4 nitrogen and oxygen atoms in total. The Hall–Kier alpha value is -1.68. The lowest BCUT2D eigenvalue weighted by Crippen LogP contribution is -2.04. The highest BCUT2D eigenvalue weighted by molar-refractivity contribution is 5.90. The van der Waals surface area contributed by atoms with Crippen molar-refractivity contribution in [3.8, 4) is 11.5 Å². The van der Waals surface area contributed by atoms with Gasteiger partial charge in [-0.1, -0.05) is 0 Å². The SMILES string of the molecule is COc1ccc(OC[C@H]2CO2)c2cc[nH]c12. The standard InChI is InChI=1S/C12H13NO3/c1-14-11-3-2-10(16-7-8-6-15-8)9-4-5-13-12(9)11/h2-5,8,13H,6-7H2,1H3/t8-/m1/s1. The zero-order valence-electron chi connectivity index (χ0n) is 9.03. The minimum atomic E-state index is 0.274. The van der Waals surface area contributed by atoms with Gasteiger partial charge in [0.2, 0.25) is 0 Å². The van der Waals surface area contributed by atoms with Gasteiger partial charge in [-0.2, -0.15) is 0 Å². The summed E-state index contributed by atoms with van der Waals surface area (Å²) in [4.78, 5) is 3.15. The van der Waals surface area contributed by atoms with E-state index in [-0.39, 0.29) is 6.10 Å². The molecule has 84 valence electrons. The predicted octanol–water partition coefficient (Wildman–Crippen LogP) is 1.95. The normalized spacial score (nSPS) is 18.7. The Morgan fingerprint density at radius 2 is 2.19 bits per heavy atom. The zero-order valence-corrected chi connectivity index (χ0v) is 9.03. The molecule has 1 aromatic heterocycles. The quantitative estimate of drug-likeness (QED) is 0.799. The molecule has 1 N–H and O–H groups in total. The summed E-state index contributed by atoms with van der Waals surface area (Å²) in [5.74, 6) is 1.70. The first-order chi connectivity index (χ1) is 7.88. The fourth-order valence-corrected chi connectivity index (χ4v) is 1.75. The van der Waals surface area contributed by atoms with Crippen molar-refractivity contribution in [3.63, 3.8) is 0 Å². The number of ether oxygens (including phenoxy) is 3. The van der Waals surface area contributed by atoms with Gasteiger partial charge in [-0.05, 0) is 18.2 Å². The van der Waals surface area contributed by atoms with Gasteiger partial charge < -0.3 is 19.2 Å². The van der Waals surface area contributed by atoms with Crippen LogP contribution in [0.1, 0.15) is 0 Å². The van der Waals surface area contributed by atoms with Gasteiger partial charge >= 0.3 is 0 Å². The lowest BCUT2D eigenvalue weighted by atomic mass is 10.2. The number of nitrogens with one attached hydrogen (secondary N) is 1. The van der Waals surface area contributed by atoms with Gasteiger partial charge in [-0.3, -0.25) is 0 Å². The molecular formula is C12H13NO3. The van der Waals surface area contributed by atoms with Crippen LogP contribution in [0.4, 0.5) is 0 Å². The largest absolute Gasteiger partial charge is 0.495 e. The molecule has 1 aliphatic rings. The fraction of sp³-hybridized carbons (Fsp3) is 0.333. The number of hydrogen-bond donors (Lipinski definition) is 1. The molecule has 0 spiro atoms. The van der Waals surface area contributed by atoms with Crippen molar-refractivity contribution in [2.24, 2.45) is 0 Å². The number of H-pyrrole nitrogens is 1. The van der Waals surface area contributed by atoms with Gasteiger partial charge in [0, 0.05) is 11.6 Å². The molecule has 2 aromatic rings. The van der Waals surface area contributed by atoms with Crippen molar-refractivity contribution in [2.75, 3.05) is 20.3 Å². The van der Waals surface area contributed by atoms with Crippen LogP contribution < -0.4 is 9.47 Å². The molecule has 2 heterocycles. The first kappa shape index (κ1) is 9.54. The average Bonchev–Trinajstić information content (AvgIpc) is 3.01. The van der Waals surface area contributed by atoms with Gasteiger partial charge in [-0.15, -0.1) is 0 Å². The van der Waals surface area contributed by atoms with Crippen LogP contribution in [0.5, 0.6) is 11.5 Å². The molecule has 1 aromatic carbocycles. The maximum atomic E-state index is 5.70. The topological polar surface area (TPSA) is 46.8 Å². The highest BCUT2D eigenvalue weighted by Gasteiger charge is 2.23. The van der Waals surface area contributed by atoms with Crippen LogP contribution in [0.3, 0.4) is 0 Å². The van der Waals surface area contributed by atoms with Crippen molar-refractivity contribution in [1.29, 1.82) is 0 Å². The summed E-state index contributed by atoms with van der Waals surface area (Å²) in [5, 5.41) is 1.04. The summed E-state index contributed by atoms with van der Waals surface area (Å²) in [5.41, 5.74) is 0.969. The number of hydrogen-bond acceptors (Lipinski definition) is 3. The maximum absolute atomic E-state index is 5.70. The second kappa shape index (κ2) is 3.72. The smallest absolute Gasteiger partial charge is 0.143 e. The molecular weight excluding hydrogens is 206 g/mol. The van der Waals surface area contributed by atoms with E-state index < -0.39 is 0 Å². The van der Waals surface area contributed by atoms with Gasteiger partial charge in [0.25, 0.3) is 0 Å². The molecule has 1 saturated heterocycles. The van der Waals surface area contributed by atoms with Crippen LogP contribution in [-0.2, 0) is 4.74 Å². The molecule has 0 amide bonds. The van der Waals surface area contributed by atoms with Gasteiger partial charge in [0.15, 0.2) is 0 Å².